The van der Waals surface area contributed by atoms with E-state index in [9.17, 15) is 4.79 Å². The van der Waals surface area contributed by atoms with E-state index in [0.717, 1.165) is 11.3 Å². The van der Waals surface area contributed by atoms with E-state index in [1.807, 2.05) is 31.2 Å². The number of aromatic nitrogens is 1. The van der Waals surface area contributed by atoms with Gasteiger partial charge in [0, 0.05) is 24.5 Å². The first kappa shape index (κ1) is 14.8. The van der Waals surface area contributed by atoms with E-state index < -0.39 is 0 Å². The summed E-state index contributed by atoms with van der Waals surface area (Å²) < 4.78 is 0. The number of hydrogen-bond acceptors (Lipinski definition) is 3. The maximum Gasteiger partial charge on any atom is 0.257 e. The molecule has 1 heterocycles. The van der Waals surface area contributed by atoms with Crippen molar-refractivity contribution < 1.29 is 9.90 Å². The molecule has 4 heteroatoms. The Balaban J connectivity index is 2.22. The van der Waals surface area contributed by atoms with Crippen molar-refractivity contribution in [2.45, 2.75) is 13.3 Å². The van der Waals surface area contributed by atoms with Crippen LogP contribution in [0.1, 0.15) is 27.9 Å². The first-order chi connectivity index (χ1) is 10.2. The number of aliphatic hydroxyl groups is 1. The Kier molecular flexibility index (Phi) is 5.08. The molecule has 0 radical (unpaired) electrons. The number of carbonyl (C=O) groups excluding carboxylic acids is 1. The summed E-state index contributed by atoms with van der Waals surface area (Å²) in [5, 5.41) is 11.6. The zero-order valence-corrected chi connectivity index (χ0v) is 11.8. The number of aryl methyl sites for hydroxylation is 1. The lowest BCUT2D eigenvalue weighted by Gasteiger charge is -2.07. The summed E-state index contributed by atoms with van der Waals surface area (Å²) in [6.45, 7) is 1.96. The molecular formula is C17H16N2O2. The zero-order chi connectivity index (χ0) is 15.1. The highest BCUT2D eigenvalue weighted by atomic mass is 16.2. The summed E-state index contributed by atoms with van der Waals surface area (Å²) in [6, 6.07) is 9.22. The number of amides is 1. The number of anilines is 1. The highest BCUT2D eigenvalue weighted by Gasteiger charge is 2.10. The van der Waals surface area contributed by atoms with Gasteiger partial charge in [-0.05, 0) is 30.7 Å². The Labute approximate surface area is 123 Å². The van der Waals surface area contributed by atoms with Crippen LogP contribution in [0.4, 0.5) is 5.69 Å². The molecule has 1 amide bonds. The van der Waals surface area contributed by atoms with Crippen molar-refractivity contribution in [3.63, 3.8) is 0 Å². The van der Waals surface area contributed by atoms with E-state index >= 15 is 0 Å². The average molecular weight is 280 g/mol. The lowest BCUT2D eigenvalue weighted by molar-refractivity contribution is 0.102. The molecule has 2 rings (SSSR count). The topological polar surface area (TPSA) is 62.2 Å². The van der Waals surface area contributed by atoms with E-state index in [2.05, 4.69) is 22.1 Å². The van der Waals surface area contributed by atoms with Crippen molar-refractivity contribution in [1.29, 1.82) is 0 Å². The lowest BCUT2D eigenvalue weighted by atomic mass is 10.1. The number of aliphatic hydroxyl groups excluding tert-OH is 1. The SMILES string of the molecule is Cc1cccc(NC(=O)c2ccncc2C#CCCO)c1. The van der Waals surface area contributed by atoms with Crippen LogP contribution in [0.5, 0.6) is 0 Å². The first-order valence-electron chi connectivity index (χ1n) is 6.62. The molecule has 2 N–H and O–H groups in total. The van der Waals surface area contributed by atoms with Gasteiger partial charge in [0.2, 0.25) is 0 Å². The lowest BCUT2D eigenvalue weighted by Crippen LogP contribution is -2.13. The number of carbonyl (C=O) groups is 1. The third-order valence-electron chi connectivity index (χ3n) is 2.80. The molecular weight excluding hydrogens is 264 g/mol. The van der Waals surface area contributed by atoms with Gasteiger partial charge >= 0.3 is 0 Å². The molecule has 4 nitrogen and oxygen atoms in total. The van der Waals surface area contributed by atoms with Crippen molar-refractivity contribution in [3.8, 4) is 11.8 Å². The summed E-state index contributed by atoms with van der Waals surface area (Å²) in [5.74, 6) is 5.43. The van der Waals surface area contributed by atoms with Gasteiger partial charge in [0.1, 0.15) is 0 Å². The Hall–Kier alpha value is -2.64. The minimum Gasteiger partial charge on any atom is -0.395 e. The van der Waals surface area contributed by atoms with Gasteiger partial charge in [-0.15, -0.1) is 0 Å². The number of rotatable bonds is 3. The normalized spacial score (nSPS) is 9.62. The second kappa shape index (κ2) is 7.22. The number of benzene rings is 1. The summed E-state index contributed by atoms with van der Waals surface area (Å²) in [7, 11) is 0. The molecule has 0 aliphatic carbocycles. The van der Waals surface area contributed by atoms with Crippen LogP contribution in [0.3, 0.4) is 0 Å². The van der Waals surface area contributed by atoms with Crippen molar-refractivity contribution in [2.24, 2.45) is 0 Å². The molecule has 106 valence electrons. The average Bonchev–Trinajstić information content (AvgIpc) is 2.48. The van der Waals surface area contributed by atoms with E-state index in [1.165, 1.54) is 0 Å². The van der Waals surface area contributed by atoms with Gasteiger partial charge in [0.15, 0.2) is 0 Å². The van der Waals surface area contributed by atoms with Crippen LogP contribution in [0.25, 0.3) is 0 Å². The molecule has 0 aliphatic rings. The fraction of sp³-hybridized carbons (Fsp3) is 0.176. The van der Waals surface area contributed by atoms with Crippen molar-refractivity contribution in [1.82, 2.24) is 4.98 Å². The van der Waals surface area contributed by atoms with Gasteiger partial charge in [0.25, 0.3) is 5.91 Å². The third kappa shape index (κ3) is 4.16. The Morgan fingerprint density at radius 1 is 1.38 bits per heavy atom. The Bertz CT molecular complexity index is 699. The maximum absolute atomic E-state index is 12.3. The monoisotopic (exact) mass is 280 g/mol. The van der Waals surface area contributed by atoms with E-state index in [4.69, 9.17) is 5.11 Å². The molecule has 21 heavy (non-hydrogen) atoms. The van der Waals surface area contributed by atoms with Gasteiger partial charge in [-0.1, -0.05) is 24.0 Å². The second-order valence-corrected chi connectivity index (χ2v) is 4.52. The van der Waals surface area contributed by atoms with Gasteiger partial charge in [-0.3, -0.25) is 9.78 Å². The quantitative estimate of drug-likeness (QED) is 0.849. The molecule has 0 atom stereocenters. The predicted molar refractivity (Wildman–Crippen MR) is 82.0 cm³/mol. The molecule has 0 saturated heterocycles. The molecule has 0 unspecified atom stereocenters. The standard InChI is InChI=1S/C17H16N2O2/c1-13-5-4-7-15(11-13)19-17(21)16-8-9-18-12-14(16)6-2-3-10-20/h4-5,7-9,11-12,20H,3,10H2,1H3,(H,19,21). The van der Waals surface area contributed by atoms with Crippen LogP contribution in [-0.4, -0.2) is 22.6 Å². The number of nitrogens with zero attached hydrogens (tertiary/aromatic N) is 1. The number of nitrogens with one attached hydrogen (secondary N) is 1. The molecule has 0 spiro atoms. The largest absolute Gasteiger partial charge is 0.395 e. The number of hydrogen-bond donors (Lipinski definition) is 2. The van der Waals surface area contributed by atoms with Crippen LogP contribution >= 0.6 is 0 Å². The summed E-state index contributed by atoms with van der Waals surface area (Å²) in [4.78, 5) is 16.3. The summed E-state index contributed by atoms with van der Waals surface area (Å²) >= 11 is 0. The van der Waals surface area contributed by atoms with Crippen LogP contribution in [-0.2, 0) is 0 Å². The Morgan fingerprint density at radius 2 is 2.24 bits per heavy atom. The first-order valence-corrected chi connectivity index (χ1v) is 6.62. The van der Waals surface area contributed by atoms with Crippen LogP contribution in [0.15, 0.2) is 42.7 Å². The summed E-state index contributed by atoms with van der Waals surface area (Å²) in [6.07, 6.45) is 3.48. The van der Waals surface area contributed by atoms with Crippen LogP contribution in [0.2, 0.25) is 0 Å². The Morgan fingerprint density at radius 3 is 3.00 bits per heavy atom. The smallest absolute Gasteiger partial charge is 0.257 e. The fourth-order valence-corrected chi connectivity index (χ4v) is 1.83. The van der Waals surface area contributed by atoms with Gasteiger partial charge in [-0.25, -0.2) is 0 Å². The van der Waals surface area contributed by atoms with Crippen molar-refractivity contribution in [2.75, 3.05) is 11.9 Å². The molecule has 2 aromatic rings. The molecule has 1 aromatic heterocycles. The van der Waals surface area contributed by atoms with Gasteiger partial charge in [0.05, 0.1) is 17.7 Å². The van der Waals surface area contributed by atoms with Crippen LogP contribution < -0.4 is 5.32 Å². The minimum atomic E-state index is -0.226. The predicted octanol–water partition coefficient (Wildman–Crippen LogP) is 2.38. The van der Waals surface area contributed by atoms with E-state index in [-0.39, 0.29) is 12.5 Å². The van der Waals surface area contributed by atoms with Crippen LogP contribution in [0, 0.1) is 18.8 Å². The highest BCUT2D eigenvalue weighted by molar-refractivity contribution is 6.05. The molecule has 0 saturated carbocycles. The van der Waals surface area contributed by atoms with Crippen molar-refractivity contribution in [3.05, 3.63) is 59.4 Å². The molecule has 0 fully saturated rings. The molecule has 0 bridgehead atoms. The summed E-state index contributed by atoms with van der Waals surface area (Å²) in [5.41, 5.74) is 2.84. The number of pyridine rings is 1. The third-order valence-corrected chi connectivity index (χ3v) is 2.80. The molecule has 1 aromatic carbocycles. The maximum atomic E-state index is 12.3. The van der Waals surface area contributed by atoms with Crippen molar-refractivity contribution >= 4 is 11.6 Å². The van der Waals surface area contributed by atoms with E-state index in [0.29, 0.717) is 17.5 Å². The second-order valence-electron chi connectivity index (χ2n) is 4.52. The molecule has 0 aliphatic heterocycles. The zero-order valence-electron chi connectivity index (χ0n) is 11.8. The highest BCUT2D eigenvalue weighted by Crippen LogP contribution is 2.13. The minimum absolute atomic E-state index is 0.00190. The van der Waals surface area contributed by atoms with Gasteiger partial charge < -0.3 is 10.4 Å². The fourth-order valence-electron chi connectivity index (χ4n) is 1.83. The van der Waals surface area contributed by atoms with E-state index in [1.54, 1.807) is 18.5 Å². The van der Waals surface area contributed by atoms with Gasteiger partial charge in [-0.2, -0.15) is 0 Å².